The summed E-state index contributed by atoms with van der Waals surface area (Å²) in [5, 5.41) is 3.03. The molecular weight excluding hydrogens is 333 g/mol. The molecule has 0 aromatic rings. The number of carbonyl (C=O) groups is 2. The van der Waals surface area contributed by atoms with E-state index in [9.17, 15) is 9.59 Å². The largest absolute Gasteiger partial charge is 0.329 e. The number of hydrogen-bond donors (Lipinski definition) is 1. The standard InChI is InChI=1S/C18H23Cl2NO2/c1-8(22)13-11(6-9-14(13)17(9,2)3)21-16(23)15-10(7-12(19)20)18(15,4)5/h7,9-10,14-15H,6H2,1-5H3,(H,21,23)/t9-,10-,14-,15-/m1/s1. The molecule has 0 bridgehead atoms. The summed E-state index contributed by atoms with van der Waals surface area (Å²) in [6.45, 7) is 10.0. The summed E-state index contributed by atoms with van der Waals surface area (Å²) in [5.41, 5.74) is 1.69. The summed E-state index contributed by atoms with van der Waals surface area (Å²) in [7, 11) is 0. The van der Waals surface area contributed by atoms with Crippen LogP contribution in [0.1, 0.15) is 41.0 Å². The predicted molar refractivity (Wildman–Crippen MR) is 91.8 cm³/mol. The minimum absolute atomic E-state index is 0.0290. The molecule has 2 saturated carbocycles. The van der Waals surface area contributed by atoms with Gasteiger partial charge in [0.15, 0.2) is 5.78 Å². The monoisotopic (exact) mass is 355 g/mol. The smallest absolute Gasteiger partial charge is 0.228 e. The molecule has 1 amide bonds. The van der Waals surface area contributed by atoms with E-state index in [2.05, 4.69) is 19.2 Å². The SMILES string of the molecule is CC(=O)C1=C(NC(=O)[C@H]2[C@@H](C=C(Cl)Cl)C2(C)C)C[C@@H]2[C@H]1C2(C)C. The lowest BCUT2D eigenvalue weighted by molar-refractivity contribution is -0.122. The first-order valence-corrected chi connectivity index (χ1v) is 8.82. The number of Topliss-reactive ketones (excluding diaryl/α,β-unsaturated/α-hetero) is 1. The van der Waals surface area contributed by atoms with E-state index >= 15 is 0 Å². The summed E-state index contributed by atoms with van der Waals surface area (Å²) in [4.78, 5) is 24.7. The van der Waals surface area contributed by atoms with Crippen molar-refractivity contribution in [1.82, 2.24) is 5.32 Å². The second kappa shape index (κ2) is 5.10. The Balaban J connectivity index is 1.77. The van der Waals surface area contributed by atoms with Crippen molar-refractivity contribution in [3.63, 3.8) is 0 Å². The Morgan fingerprint density at radius 3 is 2.30 bits per heavy atom. The van der Waals surface area contributed by atoms with Crippen LogP contribution in [0.3, 0.4) is 0 Å². The fraction of sp³-hybridized carbons (Fsp3) is 0.667. The average molecular weight is 356 g/mol. The van der Waals surface area contributed by atoms with Gasteiger partial charge < -0.3 is 5.32 Å². The van der Waals surface area contributed by atoms with Crippen LogP contribution in [0.15, 0.2) is 21.8 Å². The van der Waals surface area contributed by atoms with Crippen molar-refractivity contribution < 1.29 is 9.59 Å². The van der Waals surface area contributed by atoms with Gasteiger partial charge in [-0.05, 0) is 48.0 Å². The Bertz CT molecular complexity index is 656. The van der Waals surface area contributed by atoms with Crippen LogP contribution >= 0.6 is 23.2 Å². The van der Waals surface area contributed by atoms with E-state index in [4.69, 9.17) is 23.2 Å². The third kappa shape index (κ3) is 2.56. The van der Waals surface area contributed by atoms with E-state index in [-0.39, 0.29) is 38.8 Å². The third-order valence-electron chi connectivity index (χ3n) is 6.26. The van der Waals surface area contributed by atoms with Gasteiger partial charge in [-0.25, -0.2) is 0 Å². The second-order valence-electron chi connectivity index (χ2n) is 8.33. The fourth-order valence-electron chi connectivity index (χ4n) is 4.62. The van der Waals surface area contributed by atoms with Gasteiger partial charge in [0.25, 0.3) is 0 Å². The number of allylic oxidation sites excluding steroid dienone is 3. The van der Waals surface area contributed by atoms with Crippen molar-refractivity contribution in [3.05, 3.63) is 21.8 Å². The number of rotatable bonds is 4. The first-order chi connectivity index (χ1) is 10.5. The minimum atomic E-state index is -0.156. The van der Waals surface area contributed by atoms with Crippen LogP contribution in [0.5, 0.6) is 0 Å². The van der Waals surface area contributed by atoms with Crippen LogP contribution in [0.25, 0.3) is 0 Å². The van der Waals surface area contributed by atoms with Gasteiger partial charge in [0, 0.05) is 11.3 Å². The number of nitrogens with one attached hydrogen (secondary N) is 1. The van der Waals surface area contributed by atoms with Crippen LogP contribution in [-0.4, -0.2) is 11.7 Å². The zero-order valence-electron chi connectivity index (χ0n) is 14.2. The van der Waals surface area contributed by atoms with Crippen LogP contribution in [-0.2, 0) is 9.59 Å². The molecule has 0 aromatic heterocycles. The van der Waals surface area contributed by atoms with Gasteiger partial charge in [-0.1, -0.05) is 50.9 Å². The summed E-state index contributed by atoms with van der Waals surface area (Å²) < 4.78 is 0.200. The van der Waals surface area contributed by atoms with Gasteiger partial charge in [-0.3, -0.25) is 9.59 Å². The molecule has 3 rings (SSSR count). The Hall–Kier alpha value is -0.800. The van der Waals surface area contributed by atoms with E-state index < -0.39 is 0 Å². The molecule has 0 radical (unpaired) electrons. The lowest BCUT2D eigenvalue weighted by Crippen LogP contribution is -2.28. The molecule has 2 fully saturated rings. The van der Waals surface area contributed by atoms with Gasteiger partial charge in [-0.15, -0.1) is 0 Å². The molecule has 3 aliphatic rings. The molecule has 0 spiro atoms. The fourth-order valence-corrected chi connectivity index (χ4v) is 4.89. The van der Waals surface area contributed by atoms with Crippen molar-refractivity contribution in [3.8, 4) is 0 Å². The normalized spacial score (nSPS) is 35.4. The van der Waals surface area contributed by atoms with Gasteiger partial charge in [0.2, 0.25) is 5.91 Å². The zero-order valence-corrected chi connectivity index (χ0v) is 15.7. The number of fused-ring (bicyclic) bond motifs is 1. The highest BCUT2D eigenvalue weighted by atomic mass is 35.5. The van der Waals surface area contributed by atoms with Crippen LogP contribution in [0.4, 0.5) is 0 Å². The molecule has 0 unspecified atom stereocenters. The maximum Gasteiger partial charge on any atom is 0.228 e. The highest BCUT2D eigenvalue weighted by Crippen LogP contribution is 2.68. The Morgan fingerprint density at radius 1 is 1.17 bits per heavy atom. The number of halogens is 2. The minimum Gasteiger partial charge on any atom is -0.329 e. The van der Waals surface area contributed by atoms with E-state index in [0.29, 0.717) is 11.8 Å². The quantitative estimate of drug-likeness (QED) is 0.820. The molecular formula is C18H23Cl2NO2. The number of carbonyl (C=O) groups excluding carboxylic acids is 2. The maximum absolute atomic E-state index is 12.6. The Kier molecular flexibility index (Phi) is 3.77. The Morgan fingerprint density at radius 2 is 1.78 bits per heavy atom. The number of ketones is 1. The van der Waals surface area contributed by atoms with Crippen LogP contribution in [0, 0.1) is 34.5 Å². The number of hydrogen-bond acceptors (Lipinski definition) is 2. The third-order valence-corrected chi connectivity index (χ3v) is 6.51. The molecule has 0 heterocycles. The van der Waals surface area contributed by atoms with E-state index in [1.165, 1.54) is 0 Å². The van der Waals surface area contributed by atoms with Crippen molar-refractivity contribution in [1.29, 1.82) is 0 Å². The average Bonchev–Trinajstić information content (AvgIpc) is 3.00. The molecule has 0 saturated heterocycles. The molecule has 3 aliphatic carbocycles. The molecule has 4 atom stereocenters. The van der Waals surface area contributed by atoms with Gasteiger partial charge >= 0.3 is 0 Å². The number of amides is 1. The van der Waals surface area contributed by atoms with Crippen LogP contribution < -0.4 is 5.32 Å². The van der Waals surface area contributed by atoms with Gasteiger partial charge in [-0.2, -0.15) is 0 Å². The van der Waals surface area contributed by atoms with E-state index in [1.54, 1.807) is 13.0 Å². The molecule has 0 aliphatic heterocycles. The highest BCUT2D eigenvalue weighted by molar-refractivity contribution is 6.55. The predicted octanol–water partition coefficient (Wildman–Crippen LogP) is 4.21. The first-order valence-electron chi connectivity index (χ1n) is 8.07. The maximum atomic E-state index is 12.6. The lowest BCUT2D eigenvalue weighted by Gasteiger charge is -2.16. The second-order valence-corrected chi connectivity index (χ2v) is 9.34. The molecule has 1 N–H and O–H groups in total. The summed E-state index contributed by atoms with van der Waals surface area (Å²) in [5.74, 6) is 0.724. The molecule has 23 heavy (non-hydrogen) atoms. The molecule has 126 valence electrons. The first kappa shape index (κ1) is 17.0. The Labute approximate surface area is 147 Å². The van der Waals surface area contributed by atoms with Crippen molar-refractivity contribution >= 4 is 34.9 Å². The molecule has 0 aromatic carbocycles. The van der Waals surface area contributed by atoms with Gasteiger partial charge in [0.05, 0.1) is 5.92 Å². The molecule has 5 heteroatoms. The summed E-state index contributed by atoms with van der Waals surface area (Å²) >= 11 is 11.5. The topological polar surface area (TPSA) is 46.2 Å². The van der Waals surface area contributed by atoms with E-state index in [0.717, 1.165) is 17.7 Å². The summed E-state index contributed by atoms with van der Waals surface area (Å²) in [6, 6.07) is 0. The molecule has 3 nitrogen and oxygen atoms in total. The van der Waals surface area contributed by atoms with Gasteiger partial charge in [0.1, 0.15) is 4.49 Å². The van der Waals surface area contributed by atoms with Crippen molar-refractivity contribution in [2.45, 2.75) is 41.0 Å². The highest BCUT2D eigenvalue weighted by Gasteiger charge is 2.65. The summed E-state index contributed by atoms with van der Waals surface area (Å²) in [6.07, 6.45) is 2.53. The lowest BCUT2D eigenvalue weighted by atomic mass is 9.96. The zero-order chi connectivity index (χ0) is 17.3. The van der Waals surface area contributed by atoms with Crippen molar-refractivity contribution in [2.24, 2.45) is 34.5 Å². The van der Waals surface area contributed by atoms with Crippen molar-refractivity contribution in [2.75, 3.05) is 0 Å². The van der Waals surface area contributed by atoms with Crippen LogP contribution in [0.2, 0.25) is 0 Å². The van der Waals surface area contributed by atoms with E-state index in [1.807, 2.05) is 13.8 Å².